The Balaban J connectivity index is 0.00000196. The molecule has 28 heavy (non-hydrogen) atoms. The number of ether oxygens (including phenoxy) is 2. The van der Waals surface area contributed by atoms with Crippen LogP contribution < -0.4 is 5.32 Å². The van der Waals surface area contributed by atoms with Crippen molar-refractivity contribution in [3.05, 3.63) is 0 Å². The number of rotatable bonds is 5. The van der Waals surface area contributed by atoms with Crippen LogP contribution in [-0.2, 0) is 14.3 Å². The molecule has 3 aliphatic heterocycles. The Bertz CT molecular complexity index is 454. The van der Waals surface area contributed by atoms with E-state index in [1.54, 1.807) is 7.11 Å². The van der Waals surface area contributed by atoms with Crippen molar-refractivity contribution < 1.29 is 14.3 Å². The number of nitrogens with zero attached hydrogens (tertiary/aromatic N) is 2. The molecule has 1 N–H and O–H groups in total. The van der Waals surface area contributed by atoms with Gasteiger partial charge in [-0.3, -0.25) is 9.69 Å². The highest BCUT2D eigenvalue weighted by Crippen LogP contribution is 2.33. The summed E-state index contributed by atoms with van der Waals surface area (Å²) in [6, 6.07) is 0. The Hall–Kier alpha value is -0.110. The first-order valence-corrected chi connectivity index (χ1v) is 10.4. The third-order valence-electron chi connectivity index (χ3n) is 6.35. The van der Waals surface area contributed by atoms with E-state index in [4.69, 9.17) is 9.47 Å². The van der Waals surface area contributed by atoms with Crippen LogP contribution in [0.3, 0.4) is 0 Å². The molecule has 0 aromatic rings. The summed E-state index contributed by atoms with van der Waals surface area (Å²) in [5.74, 6) is 1.02. The zero-order chi connectivity index (χ0) is 18.6. The number of halogens is 2. The standard InChI is InChI=1S/C20H37N3O3.2ClH/c1-16-12-22(13-17(2)26-16)14-18-4-10-23(11-5-18)19(24)20(15-25-3)6-8-21-9-7-20;;/h16-18,21H,4-15H2,1-3H3;2*1H. The maximum Gasteiger partial charge on any atom is 0.231 e. The Morgan fingerprint density at radius 2 is 1.68 bits per heavy atom. The zero-order valence-electron chi connectivity index (χ0n) is 17.7. The molecule has 0 saturated carbocycles. The minimum absolute atomic E-state index is 0. The molecule has 3 fully saturated rings. The van der Waals surface area contributed by atoms with Gasteiger partial charge in [0.05, 0.1) is 24.2 Å². The summed E-state index contributed by atoms with van der Waals surface area (Å²) < 4.78 is 11.3. The molecule has 2 unspecified atom stereocenters. The Morgan fingerprint density at radius 1 is 1.11 bits per heavy atom. The first-order chi connectivity index (χ1) is 12.5. The summed E-state index contributed by atoms with van der Waals surface area (Å²) >= 11 is 0. The molecular weight excluding hydrogens is 401 g/mol. The highest BCUT2D eigenvalue weighted by atomic mass is 35.5. The first kappa shape index (κ1) is 25.9. The third-order valence-corrected chi connectivity index (χ3v) is 6.35. The molecule has 2 atom stereocenters. The second-order valence-electron chi connectivity index (χ2n) is 8.67. The summed E-state index contributed by atoms with van der Waals surface area (Å²) in [7, 11) is 1.72. The van der Waals surface area contributed by atoms with Gasteiger partial charge >= 0.3 is 0 Å². The highest BCUT2D eigenvalue weighted by Gasteiger charge is 2.43. The largest absolute Gasteiger partial charge is 0.384 e. The van der Waals surface area contributed by atoms with Crippen molar-refractivity contribution in [2.75, 3.05) is 59.5 Å². The lowest BCUT2D eigenvalue weighted by Gasteiger charge is -2.43. The van der Waals surface area contributed by atoms with Crippen molar-refractivity contribution in [3.8, 4) is 0 Å². The molecule has 3 aliphatic rings. The van der Waals surface area contributed by atoms with Crippen LogP contribution in [0.15, 0.2) is 0 Å². The zero-order valence-corrected chi connectivity index (χ0v) is 19.3. The summed E-state index contributed by atoms with van der Waals surface area (Å²) in [4.78, 5) is 17.9. The molecular formula is C20H39Cl2N3O3. The summed E-state index contributed by atoms with van der Waals surface area (Å²) in [5, 5.41) is 3.37. The molecule has 166 valence electrons. The van der Waals surface area contributed by atoms with Gasteiger partial charge in [-0.1, -0.05) is 0 Å². The van der Waals surface area contributed by atoms with E-state index in [1.807, 2.05) is 0 Å². The molecule has 0 aromatic heterocycles. The van der Waals surface area contributed by atoms with Gasteiger partial charge in [-0.15, -0.1) is 24.8 Å². The molecule has 3 rings (SSSR count). The van der Waals surface area contributed by atoms with E-state index in [1.165, 1.54) is 0 Å². The van der Waals surface area contributed by atoms with Crippen LogP contribution in [0, 0.1) is 11.3 Å². The van der Waals surface area contributed by atoms with E-state index < -0.39 is 0 Å². The van der Waals surface area contributed by atoms with Gasteiger partial charge in [0.25, 0.3) is 0 Å². The molecule has 1 amide bonds. The number of hydrogen-bond acceptors (Lipinski definition) is 5. The maximum absolute atomic E-state index is 13.2. The van der Waals surface area contributed by atoms with Gasteiger partial charge in [0.2, 0.25) is 5.91 Å². The fourth-order valence-electron chi connectivity index (χ4n) is 5.05. The number of piperidine rings is 2. The average Bonchev–Trinajstić information content (AvgIpc) is 2.62. The van der Waals surface area contributed by atoms with E-state index in [-0.39, 0.29) is 30.2 Å². The van der Waals surface area contributed by atoms with Crippen LogP contribution in [0.5, 0.6) is 0 Å². The first-order valence-electron chi connectivity index (χ1n) is 10.4. The summed E-state index contributed by atoms with van der Waals surface area (Å²) in [6.45, 7) is 11.7. The minimum atomic E-state index is -0.304. The Morgan fingerprint density at radius 3 is 2.21 bits per heavy atom. The quantitative estimate of drug-likeness (QED) is 0.711. The SMILES string of the molecule is COCC1(C(=O)N2CCC(CN3CC(C)OC(C)C3)CC2)CCNCC1.Cl.Cl. The topological polar surface area (TPSA) is 54.0 Å². The Labute approximate surface area is 182 Å². The van der Waals surface area contributed by atoms with E-state index in [0.717, 1.165) is 71.5 Å². The van der Waals surface area contributed by atoms with E-state index >= 15 is 0 Å². The smallest absolute Gasteiger partial charge is 0.231 e. The molecule has 0 bridgehead atoms. The molecule has 6 nitrogen and oxygen atoms in total. The van der Waals surface area contributed by atoms with Crippen LogP contribution in [0.1, 0.15) is 39.5 Å². The molecule has 3 heterocycles. The lowest BCUT2D eigenvalue weighted by atomic mass is 9.77. The predicted molar refractivity (Wildman–Crippen MR) is 117 cm³/mol. The van der Waals surface area contributed by atoms with E-state index in [0.29, 0.717) is 30.6 Å². The summed E-state index contributed by atoms with van der Waals surface area (Å²) in [5.41, 5.74) is -0.304. The number of hydrogen-bond donors (Lipinski definition) is 1. The number of carbonyl (C=O) groups excluding carboxylic acids is 1. The van der Waals surface area contributed by atoms with Crippen molar-refractivity contribution in [1.29, 1.82) is 0 Å². The van der Waals surface area contributed by atoms with Gasteiger partial charge in [-0.2, -0.15) is 0 Å². The lowest BCUT2D eigenvalue weighted by molar-refractivity contribution is -0.149. The second-order valence-corrected chi connectivity index (χ2v) is 8.67. The molecule has 3 saturated heterocycles. The number of morpholine rings is 1. The molecule has 0 spiro atoms. The van der Waals surface area contributed by atoms with Crippen molar-refractivity contribution in [1.82, 2.24) is 15.1 Å². The van der Waals surface area contributed by atoms with Crippen LogP contribution >= 0.6 is 24.8 Å². The number of amides is 1. The van der Waals surface area contributed by atoms with Crippen molar-refractivity contribution in [2.24, 2.45) is 11.3 Å². The van der Waals surface area contributed by atoms with Gasteiger partial charge in [0.1, 0.15) is 0 Å². The molecule has 0 aromatic carbocycles. The van der Waals surface area contributed by atoms with E-state index in [9.17, 15) is 4.79 Å². The fourth-order valence-corrected chi connectivity index (χ4v) is 5.05. The number of methoxy groups -OCH3 is 1. The van der Waals surface area contributed by atoms with Crippen LogP contribution in [-0.4, -0.2) is 87.4 Å². The van der Waals surface area contributed by atoms with Gasteiger partial charge in [-0.05, 0) is 58.5 Å². The van der Waals surface area contributed by atoms with Gasteiger partial charge in [0, 0.05) is 39.8 Å². The average molecular weight is 440 g/mol. The predicted octanol–water partition coefficient (Wildman–Crippen LogP) is 2.19. The normalized spacial score (nSPS) is 28.9. The minimum Gasteiger partial charge on any atom is -0.384 e. The monoisotopic (exact) mass is 439 g/mol. The van der Waals surface area contributed by atoms with Crippen molar-refractivity contribution >= 4 is 30.7 Å². The van der Waals surface area contributed by atoms with Crippen LogP contribution in [0.4, 0.5) is 0 Å². The van der Waals surface area contributed by atoms with Crippen molar-refractivity contribution in [2.45, 2.75) is 51.7 Å². The lowest BCUT2D eigenvalue weighted by Crippen LogP contribution is -2.54. The molecule has 0 aliphatic carbocycles. The second kappa shape index (κ2) is 11.9. The third kappa shape index (κ3) is 6.44. The number of nitrogens with one attached hydrogen (secondary N) is 1. The maximum atomic E-state index is 13.2. The molecule has 8 heteroatoms. The number of likely N-dealkylation sites (tertiary alicyclic amines) is 1. The van der Waals surface area contributed by atoms with Gasteiger partial charge < -0.3 is 19.7 Å². The number of carbonyl (C=O) groups is 1. The van der Waals surface area contributed by atoms with Gasteiger partial charge in [-0.25, -0.2) is 0 Å². The highest BCUT2D eigenvalue weighted by molar-refractivity contribution is 5.85. The summed E-state index contributed by atoms with van der Waals surface area (Å²) in [6.07, 6.45) is 4.68. The van der Waals surface area contributed by atoms with Crippen molar-refractivity contribution in [3.63, 3.8) is 0 Å². The molecule has 0 radical (unpaired) electrons. The fraction of sp³-hybridized carbons (Fsp3) is 0.950. The Kier molecular flexibility index (Phi) is 11.0. The van der Waals surface area contributed by atoms with Gasteiger partial charge in [0.15, 0.2) is 0 Å². The van der Waals surface area contributed by atoms with E-state index in [2.05, 4.69) is 29.0 Å². The van der Waals surface area contributed by atoms with Crippen LogP contribution in [0.25, 0.3) is 0 Å². The van der Waals surface area contributed by atoms with Crippen LogP contribution in [0.2, 0.25) is 0 Å².